The molecular formula is C55H35N3O2S. The predicted octanol–water partition coefficient (Wildman–Crippen LogP) is 14.7. The average Bonchev–Trinajstić information content (AvgIpc) is 4.03. The maximum atomic E-state index is 6.86. The van der Waals surface area contributed by atoms with Gasteiger partial charge in [-0.05, 0) is 68.9 Å². The number of nitrogens with one attached hydrogen (secondary N) is 2. The van der Waals surface area contributed by atoms with Crippen LogP contribution in [0.15, 0.2) is 202 Å². The molecule has 0 saturated heterocycles. The quantitative estimate of drug-likeness (QED) is 0.182. The van der Waals surface area contributed by atoms with Gasteiger partial charge in [0.25, 0.3) is 0 Å². The predicted molar refractivity (Wildman–Crippen MR) is 253 cm³/mol. The Bertz CT molecular complexity index is 3750. The van der Waals surface area contributed by atoms with E-state index in [4.69, 9.17) is 13.8 Å². The monoisotopic (exact) mass is 801 g/mol. The molecule has 0 bridgehead atoms. The molecule has 13 rings (SSSR count). The van der Waals surface area contributed by atoms with Gasteiger partial charge in [0.2, 0.25) is 0 Å². The SMILES string of the molecule is c1ccc(C2=NC(c3ccc(-c4cccc5oc6c(-c7cccc8oc9ccccc9c78)cccc6c45)c4ccccc34)NC(c3cccc4sc5ccccc5c34)N2)cc1. The van der Waals surface area contributed by atoms with Gasteiger partial charge in [-0.2, -0.15) is 0 Å². The Kier molecular flexibility index (Phi) is 7.61. The van der Waals surface area contributed by atoms with Crippen LogP contribution in [-0.2, 0) is 0 Å². The number of rotatable bonds is 5. The molecule has 1 aliphatic rings. The number of hydrogen-bond donors (Lipinski definition) is 2. The highest BCUT2D eigenvalue weighted by Gasteiger charge is 2.29. The third-order valence-electron chi connectivity index (χ3n) is 12.4. The van der Waals surface area contributed by atoms with Crippen LogP contribution < -0.4 is 10.6 Å². The Morgan fingerprint density at radius 3 is 1.90 bits per heavy atom. The number of hydrogen-bond acceptors (Lipinski definition) is 6. The summed E-state index contributed by atoms with van der Waals surface area (Å²) in [5.41, 5.74) is 11.3. The van der Waals surface area contributed by atoms with E-state index in [0.717, 1.165) is 93.9 Å². The lowest BCUT2D eigenvalue weighted by Gasteiger charge is -2.33. The fraction of sp³-hybridized carbons (Fsp3) is 0.0364. The van der Waals surface area contributed by atoms with Crippen molar-refractivity contribution in [1.29, 1.82) is 0 Å². The smallest absolute Gasteiger partial charge is 0.143 e. The van der Waals surface area contributed by atoms with Gasteiger partial charge < -0.3 is 14.2 Å². The number of furan rings is 2. The minimum atomic E-state index is -0.324. The molecule has 1 aliphatic heterocycles. The minimum Gasteiger partial charge on any atom is -0.456 e. The highest BCUT2D eigenvalue weighted by molar-refractivity contribution is 7.25. The maximum absolute atomic E-state index is 6.86. The number of nitrogens with zero attached hydrogens (tertiary/aromatic N) is 1. The molecule has 288 valence electrons. The topological polar surface area (TPSA) is 62.7 Å². The Morgan fingerprint density at radius 2 is 1.03 bits per heavy atom. The van der Waals surface area contributed by atoms with E-state index in [1.807, 2.05) is 29.5 Å². The van der Waals surface area contributed by atoms with Gasteiger partial charge in [0.05, 0.1) is 0 Å². The lowest BCUT2D eigenvalue weighted by molar-refractivity contribution is 0.413. The molecule has 0 spiro atoms. The van der Waals surface area contributed by atoms with Gasteiger partial charge >= 0.3 is 0 Å². The summed E-state index contributed by atoms with van der Waals surface area (Å²) >= 11 is 1.84. The van der Waals surface area contributed by atoms with Crippen molar-refractivity contribution in [2.24, 2.45) is 4.99 Å². The van der Waals surface area contributed by atoms with Crippen molar-refractivity contribution < 1.29 is 8.83 Å². The molecule has 6 heteroatoms. The fourth-order valence-electron chi connectivity index (χ4n) is 9.74. The van der Waals surface area contributed by atoms with Crippen LogP contribution in [0.5, 0.6) is 0 Å². The van der Waals surface area contributed by atoms with Crippen molar-refractivity contribution in [2.45, 2.75) is 12.3 Å². The van der Waals surface area contributed by atoms with E-state index in [0.29, 0.717) is 0 Å². The van der Waals surface area contributed by atoms with Crippen molar-refractivity contribution >= 4 is 92.0 Å². The molecule has 12 aromatic rings. The summed E-state index contributed by atoms with van der Waals surface area (Å²) in [6.07, 6.45) is -0.514. The molecule has 0 fully saturated rings. The molecule has 2 N–H and O–H groups in total. The Hall–Kier alpha value is -7.51. The number of para-hydroxylation sites is 2. The average molecular weight is 802 g/mol. The second kappa shape index (κ2) is 13.5. The Morgan fingerprint density at radius 1 is 0.410 bits per heavy atom. The molecule has 0 amide bonds. The Labute approximate surface area is 354 Å². The molecule has 9 aromatic carbocycles. The van der Waals surface area contributed by atoms with Crippen LogP contribution in [0.2, 0.25) is 0 Å². The van der Waals surface area contributed by atoms with Crippen LogP contribution in [0, 0.1) is 0 Å². The third-order valence-corrected chi connectivity index (χ3v) is 13.6. The lowest BCUT2D eigenvalue weighted by atomic mass is 9.91. The van der Waals surface area contributed by atoms with Gasteiger partial charge in [-0.3, -0.25) is 5.32 Å². The molecule has 0 radical (unpaired) electrons. The van der Waals surface area contributed by atoms with Crippen LogP contribution in [0.3, 0.4) is 0 Å². The molecule has 3 aromatic heterocycles. The first kappa shape index (κ1) is 34.4. The Balaban J connectivity index is 0.972. The van der Waals surface area contributed by atoms with Gasteiger partial charge in [-0.25, -0.2) is 4.99 Å². The normalized spacial score (nSPS) is 15.7. The summed E-state index contributed by atoms with van der Waals surface area (Å²) in [6, 6.07) is 66.6. The summed E-state index contributed by atoms with van der Waals surface area (Å²) in [7, 11) is 0. The molecule has 5 nitrogen and oxygen atoms in total. The summed E-state index contributed by atoms with van der Waals surface area (Å²) < 4.78 is 15.7. The number of benzene rings is 9. The van der Waals surface area contributed by atoms with E-state index in [1.54, 1.807) is 0 Å². The van der Waals surface area contributed by atoms with Crippen molar-refractivity contribution in [1.82, 2.24) is 10.6 Å². The van der Waals surface area contributed by atoms with Gasteiger partial charge in [-0.1, -0.05) is 158 Å². The standard InChI is InChI=1S/C55H35N3O2S/c1-2-14-32(15-3-1)53-56-54(58-55(57-53)43-24-13-29-48-51(43)41-19-7-9-28-47(41)61-48)39-31-30-35(33-16-4-5-17-34(33)39)36-20-11-27-46-50(36)42-23-10-22-38(52(42)60-46)37-21-12-26-45-49(37)40-18-6-8-25-44(40)59-45/h1-31,54-55,58H,(H,56,57). The highest BCUT2D eigenvalue weighted by Crippen LogP contribution is 2.46. The van der Waals surface area contributed by atoms with Crippen molar-refractivity contribution in [3.63, 3.8) is 0 Å². The molecular weight excluding hydrogens is 767 g/mol. The summed E-state index contributed by atoms with van der Waals surface area (Å²) in [5.74, 6) is 0.864. The van der Waals surface area contributed by atoms with Crippen LogP contribution >= 0.6 is 11.3 Å². The van der Waals surface area contributed by atoms with Crippen LogP contribution in [0.4, 0.5) is 0 Å². The number of amidine groups is 1. The zero-order valence-corrected chi connectivity index (χ0v) is 33.5. The van der Waals surface area contributed by atoms with Crippen molar-refractivity contribution in [3.05, 3.63) is 205 Å². The molecule has 4 heterocycles. The van der Waals surface area contributed by atoms with E-state index in [9.17, 15) is 0 Å². The summed E-state index contributed by atoms with van der Waals surface area (Å²) in [4.78, 5) is 5.41. The summed E-state index contributed by atoms with van der Waals surface area (Å²) in [6.45, 7) is 0. The van der Waals surface area contributed by atoms with Crippen LogP contribution in [0.25, 0.3) is 97.1 Å². The summed E-state index contributed by atoms with van der Waals surface area (Å²) in [5, 5.41) is 17.0. The first-order chi connectivity index (χ1) is 30.2. The van der Waals surface area contributed by atoms with E-state index in [-0.39, 0.29) is 12.3 Å². The number of thiophene rings is 1. The fourth-order valence-corrected chi connectivity index (χ4v) is 10.9. The molecule has 2 unspecified atom stereocenters. The zero-order chi connectivity index (χ0) is 40.0. The number of fused-ring (bicyclic) bond motifs is 10. The van der Waals surface area contributed by atoms with Gasteiger partial charge in [-0.15, -0.1) is 11.3 Å². The third kappa shape index (κ3) is 5.33. The van der Waals surface area contributed by atoms with Crippen LogP contribution in [0.1, 0.15) is 29.0 Å². The van der Waals surface area contributed by atoms with Crippen LogP contribution in [-0.4, -0.2) is 5.84 Å². The van der Waals surface area contributed by atoms with Gasteiger partial charge in [0.1, 0.15) is 40.5 Å². The highest BCUT2D eigenvalue weighted by atomic mass is 32.1. The van der Waals surface area contributed by atoms with Crippen molar-refractivity contribution in [3.8, 4) is 22.3 Å². The minimum absolute atomic E-state index is 0.191. The molecule has 2 atom stereocenters. The lowest BCUT2D eigenvalue weighted by Crippen LogP contribution is -2.45. The zero-order valence-electron chi connectivity index (χ0n) is 32.7. The molecule has 61 heavy (non-hydrogen) atoms. The van der Waals surface area contributed by atoms with E-state index >= 15 is 0 Å². The second-order valence-electron chi connectivity index (χ2n) is 15.8. The maximum Gasteiger partial charge on any atom is 0.143 e. The van der Waals surface area contributed by atoms with E-state index in [2.05, 4.69) is 180 Å². The van der Waals surface area contributed by atoms with Gasteiger partial charge in [0.15, 0.2) is 0 Å². The second-order valence-corrected chi connectivity index (χ2v) is 16.9. The van der Waals surface area contributed by atoms with E-state index in [1.165, 1.54) is 25.7 Å². The van der Waals surface area contributed by atoms with E-state index < -0.39 is 0 Å². The number of aliphatic imine (C=N–C) groups is 1. The largest absolute Gasteiger partial charge is 0.456 e. The first-order valence-electron chi connectivity index (χ1n) is 20.7. The molecule has 0 saturated carbocycles. The van der Waals surface area contributed by atoms with Gasteiger partial charge in [0, 0.05) is 52.8 Å². The molecule has 0 aliphatic carbocycles. The first-order valence-corrected chi connectivity index (χ1v) is 21.5. The van der Waals surface area contributed by atoms with Crippen molar-refractivity contribution in [2.75, 3.05) is 0 Å².